The molecule has 1 aromatic carbocycles. The summed E-state index contributed by atoms with van der Waals surface area (Å²) in [5, 5.41) is 4.86. The van der Waals surface area contributed by atoms with Crippen molar-refractivity contribution in [3.05, 3.63) is 41.5 Å². The highest BCUT2D eigenvalue weighted by Crippen LogP contribution is 2.38. The van der Waals surface area contributed by atoms with Crippen molar-refractivity contribution in [2.75, 3.05) is 27.2 Å². The smallest absolute Gasteiger partial charge is 0.154 e. The highest BCUT2D eigenvalue weighted by atomic mass is 15.4. The molecule has 1 aromatic heterocycles. The average Bonchev–Trinajstić information content (AvgIpc) is 3.36. The van der Waals surface area contributed by atoms with Crippen molar-refractivity contribution in [3.63, 3.8) is 0 Å². The lowest BCUT2D eigenvalue weighted by atomic mass is 10.0. The minimum Gasteiger partial charge on any atom is -0.306 e. The van der Waals surface area contributed by atoms with Gasteiger partial charge in [0.15, 0.2) is 5.82 Å². The molecule has 2 fully saturated rings. The fraction of sp³-hybridized carbons (Fsp3) is 0.600. The van der Waals surface area contributed by atoms with Gasteiger partial charge >= 0.3 is 0 Å². The van der Waals surface area contributed by atoms with E-state index in [0.29, 0.717) is 12.0 Å². The van der Waals surface area contributed by atoms with Crippen LogP contribution in [0.4, 0.5) is 0 Å². The number of aromatic nitrogens is 3. The molecule has 0 amide bonds. The molecule has 2 aromatic rings. The summed E-state index contributed by atoms with van der Waals surface area (Å²) in [7, 11) is 4.45. The molecule has 4 rings (SSSR count). The first kappa shape index (κ1) is 16.7. The Morgan fingerprint density at radius 3 is 2.60 bits per heavy atom. The van der Waals surface area contributed by atoms with Crippen LogP contribution in [0.3, 0.4) is 0 Å². The summed E-state index contributed by atoms with van der Waals surface area (Å²) in [5.41, 5.74) is 2.39. The number of likely N-dealkylation sites (tertiary alicyclic amines) is 1. The van der Waals surface area contributed by atoms with E-state index in [1.807, 2.05) is 0 Å². The van der Waals surface area contributed by atoms with Gasteiger partial charge in [-0.05, 0) is 77.5 Å². The van der Waals surface area contributed by atoms with Crippen molar-refractivity contribution in [1.29, 1.82) is 0 Å². The summed E-state index contributed by atoms with van der Waals surface area (Å²) in [5.74, 6) is 2.70. The highest BCUT2D eigenvalue weighted by molar-refractivity contribution is 5.35. The van der Waals surface area contributed by atoms with Crippen LogP contribution in [0.25, 0.3) is 5.69 Å². The van der Waals surface area contributed by atoms with E-state index in [1.165, 1.54) is 44.3 Å². The van der Waals surface area contributed by atoms with Crippen molar-refractivity contribution in [2.45, 2.75) is 51.1 Å². The zero-order chi connectivity index (χ0) is 17.4. The first-order chi connectivity index (χ1) is 12.1. The predicted molar refractivity (Wildman–Crippen MR) is 100 cm³/mol. The van der Waals surface area contributed by atoms with Crippen LogP contribution in [-0.4, -0.2) is 57.8 Å². The Bertz CT molecular complexity index is 725. The molecule has 0 spiro atoms. The molecule has 5 nitrogen and oxygen atoms in total. The maximum atomic E-state index is 4.93. The van der Waals surface area contributed by atoms with Crippen molar-refractivity contribution >= 4 is 0 Å². The molecule has 0 atom stereocenters. The van der Waals surface area contributed by atoms with Crippen LogP contribution in [0.5, 0.6) is 0 Å². The van der Waals surface area contributed by atoms with E-state index in [4.69, 9.17) is 10.1 Å². The second kappa shape index (κ2) is 6.89. The van der Waals surface area contributed by atoms with Gasteiger partial charge < -0.3 is 4.90 Å². The maximum Gasteiger partial charge on any atom is 0.154 e. The molecule has 2 aliphatic rings. The quantitative estimate of drug-likeness (QED) is 0.839. The van der Waals surface area contributed by atoms with Gasteiger partial charge in [-0.3, -0.25) is 4.90 Å². The van der Waals surface area contributed by atoms with E-state index in [-0.39, 0.29) is 0 Å². The SMILES string of the molecule is Cc1cccc(-n2nc(C3CC3)nc2CN(C)C2CCN(C)CC2)c1. The molecule has 2 heterocycles. The Morgan fingerprint density at radius 1 is 1.16 bits per heavy atom. The lowest BCUT2D eigenvalue weighted by molar-refractivity contribution is 0.136. The summed E-state index contributed by atoms with van der Waals surface area (Å²) in [4.78, 5) is 9.82. The van der Waals surface area contributed by atoms with Crippen molar-refractivity contribution < 1.29 is 0 Å². The van der Waals surface area contributed by atoms with Crippen LogP contribution < -0.4 is 0 Å². The highest BCUT2D eigenvalue weighted by Gasteiger charge is 2.30. The first-order valence-electron chi connectivity index (χ1n) is 9.52. The number of rotatable bonds is 5. The summed E-state index contributed by atoms with van der Waals surface area (Å²) in [6.07, 6.45) is 4.95. The third kappa shape index (κ3) is 3.77. The van der Waals surface area contributed by atoms with Gasteiger partial charge in [-0.25, -0.2) is 9.67 Å². The largest absolute Gasteiger partial charge is 0.306 e. The van der Waals surface area contributed by atoms with Crippen LogP contribution in [0.15, 0.2) is 24.3 Å². The van der Waals surface area contributed by atoms with E-state index in [9.17, 15) is 0 Å². The van der Waals surface area contributed by atoms with Crippen molar-refractivity contribution in [1.82, 2.24) is 24.6 Å². The number of hydrogen-bond donors (Lipinski definition) is 0. The molecule has 1 aliphatic heterocycles. The molecule has 1 saturated carbocycles. The topological polar surface area (TPSA) is 37.2 Å². The summed E-state index contributed by atoms with van der Waals surface area (Å²) in [6, 6.07) is 9.21. The second-order valence-corrected chi connectivity index (χ2v) is 7.86. The van der Waals surface area contributed by atoms with Gasteiger partial charge in [0.05, 0.1) is 12.2 Å². The number of piperidine rings is 1. The van der Waals surface area contributed by atoms with Crippen molar-refractivity contribution in [2.24, 2.45) is 0 Å². The summed E-state index contributed by atoms with van der Waals surface area (Å²) in [6.45, 7) is 5.37. The summed E-state index contributed by atoms with van der Waals surface area (Å²) >= 11 is 0. The van der Waals surface area contributed by atoms with Crippen LogP contribution >= 0.6 is 0 Å². The van der Waals surface area contributed by atoms with Gasteiger partial charge in [-0.15, -0.1) is 0 Å². The molecule has 0 radical (unpaired) electrons. The number of benzene rings is 1. The van der Waals surface area contributed by atoms with Crippen molar-refractivity contribution in [3.8, 4) is 5.69 Å². The van der Waals surface area contributed by atoms with Gasteiger partial charge in [0.25, 0.3) is 0 Å². The predicted octanol–water partition coefficient (Wildman–Crippen LogP) is 2.98. The molecule has 5 heteroatoms. The fourth-order valence-corrected chi connectivity index (χ4v) is 3.73. The Hall–Kier alpha value is -1.72. The minimum absolute atomic E-state index is 0.582. The lowest BCUT2D eigenvalue weighted by Crippen LogP contribution is -2.41. The zero-order valence-electron chi connectivity index (χ0n) is 15.6. The van der Waals surface area contributed by atoms with Gasteiger partial charge in [0.1, 0.15) is 5.82 Å². The van der Waals surface area contributed by atoms with E-state index in [1.54, 1.807) is 0 Å². The Balaban J connectivity index is 1.57. The van der Waals surface area contributed by atoms with Gasteiger partial charge in [-0.2, -0.15) is 5.10 Å². The second-order valence-electron chi connectivity index (χ2n) is 7.86. The molecular formula is C20H29N5. The van der Waals surface area contributed by atoms with Crippen LogP contribution in [-0.2, 0) is 6.54 Å². The van der Waals surface area contributed by atoms with E-state index < -0.39 is 0 Å². The van der Waals surface area contributed by atoms with Crippen LogP contribution in [0.1, 0.15) is 48.8 Å². The maximum absolute atomic E-state index is 4.93. The monoisotopic (exact) mass is 339 g/mol. The molecule has 0 bridgehead atoms. The Morgan fingerprint density at radius 2 is 1.92 bits per heavy atom. The molecular weight excluding hydrogens is 310 g/mol. The van der Waals surface area contributed by atoms with Gasteiger partial charge in [0, 0.05) is 12.0 Å². The Labute approximate surface area is 150 Å². The Kier molecular flexibility index (Phi) is 4.61. The molecule has 0 N–H and O–H groups in total. The number of aryl methyl sites for hydroxylation is 1. The average molecular weight is 339 g/mol. The normalized spacial score (nSPS) is 19.7. The van der Waals surface area contributed by atoms with E-state index >= 15 is 0 Å². The van der Waals surface area contributed by atoms with Crippen LogP contribution in [0, 0.1) is 6.92 Å². The molecule has 1 aliphatic carbocycles. The third-order valence-electron chi connectivity index (χ3n) is 5.58. The van der Waals surface area contributed by atoms with Gasteiger partial charge in [-0.1, -0.05) is 12.1 Å². The minimum atomic E-state index is 0.582. The molecule has 1 saturated heterocycles. The molecule has 0 unspecified atom stereocenters. The first-order valence-corrected chi connectivity index (χ1v) is 9.52. The summed E-state index contributed by atoms with van der Waals surface area (Å²) < 4.78 is 2.08. The van der Waals surface area contributed by atoms with Crippen LogP contribution in [0.2, 0.25) is 0 Å². The third-order valence-corrected chi connectivity index (χ3v) is 5.58. The van der Waals surface area contributed by atoms with E-state index in [0.717, 1.165) is 23.9 Å². The lowest BCUT2D eigenvalue weighted by Gasteiger charge is -2.34. The number of nitrogens with zero attached hydrogens (tertiary/aromatic N) is 5. The molecule has 25 heavy (non-hydrogen) atoms. The fourth-order valence-electron chi connectivity index (χ4n) is 3.73. The standard InChI is InChI=1S/C20H29N5/c1-15-5-4-6-18(13-15)25-19(21-20(22-25)16-7-8-16)14-24(3)17-9-11-23(2)12-10-17/h4-6,13,16-17H,7-12,14H2,1-3H3. The molecule has 134 valence electrons. The zero-order valence-corrected chi connectivity index (χ0v) is 15.6. The van der Waals surface area contributed by atoms with E-state index in [2.05, 4.69) is 59.8 Å². The number of hydrogen-bond acceptors (Lipinski definition) is 4. The van der Waals surface area contributed by atoms with Gasteiger partial charge in [0.2, 0.25) is 0 Å².